The molecule has 2 heterocycles. The molecule has 0 saturated carbocycles. The molecule has 1 fully saturated rings. The first-order valence-corrected chi connectivity index (χ1v) is 6.18. The van der Waals surface area contributed by atoms with Crippen molar-refractivity contribution in [1.82, 2.24) is 15.1 Å². The van der Waals surface area contributed by atoms with Crippen molar-refractivity contribution < 1.29 is 5.11 Å². The summed E-state index contributed by atoms with van der Waals surface area (Å²) in [5, 5.41) is 20.7. The van der Waals surface area contributed by atoms with Crippen LogP contribution in [-0.4, -0.2) is 52.0 Å². The van der Waals surface area contributed by atoms with Gasteiger partial charge in [0.15, 0.2) is 0 Å². The van der Waals surface area contributed by atoms with Gasteiger partial charge in [-0.2, -0.15) is 5.10 Å². The zero-order chi connectivity index (χ0) is 12.1. The molecule has 1 aromatic heterocycles. The number of rotatable bonds is 4. The van der Waals surface area contributed by atoms with E-state index in [1.807, 2.05) is 19.1 Å². The minimum atomic E-state index is -0.259. The van der Waals surface area contributed by atoms with Gasteiger partial charge in [0.1, 0.15) is 5.82 Å². The van der Waals surface area contributed by atoms with Crippen molar-refractivity contribution >= 4 is 5.82 Å². The average molecular weight is 236 g/mol. The van der Waals surface area contributed by atoms with E-state index < -0.39 is 0 Å². The predicted molar refractivity (Wildman–Crippen MR) is 66.8 cm³/mol. The maximum atomic E-state index is 9.40. The summed E-state index contributed by atoms with van der Waals surface area (Å²) < 4.78 is 0. The van der Waals surface area contributed by atoms with E-state index in [1.54, 1.807) is 6.20 Å². The molecule has 1 saturated heterocycles. The normalized spacial score (nSPS) is 23.3. The summed E-state index contributed by atoms with van der Waals surface area (Å²) in [5.41, 5.74) is 0. The lowest BCUT2D eigenvalue weighted by Gasteiger charge is -2.33. The van der Waals surface area contributed by atoms with E-state index in [0.29, 0.717) is 6.04 Å². The van der Waals surface area contributed by atoms with Crippen molar-refractivity contribution in [3.05, 3.63) is 18.3 Å². The molecular weight excluding hydrogens is 216 g/mol. The van der Waals surface area contributed by atoms with Crippen LogP contribution in [0.2, 0.25) is 0 Å². The van der Waals surface area contributed by atoms with Gasteiger partial charge in [0.2, 0.25) is 0 Å². The van der Waals surface area contributed by atoms with E-state index in [0.717, 1.165) is 38.3 Å². The minimum absolute atomic E-state index is 0.259. The van der Waals surface area contributed by atoms with Crippen molar-refractivity contribution in [2.45, 2.75) is 31.9 Å². The number of nitrogens with zero attached hydrogens (tertiary/aromatic N) is 3. The molecular formula is C12H20N4O. The van der Waals surface area contributed by atoms with Gasteiger partial charge < -0.3 is 10.4 Å². The Morgan fingerprint density at radius 2 is 2.53 bits per heavy atom. The van der Waals surface area contributed by atoms with Crippen molar-refractivity contribution in [3.8, 4) is 0 Å². The first-order valence-electron chi connectivity index (χ1n) is 6.18. The highest BCUT2D eigenvalue weighted by molar-refractivity contribution is 5.33. The lowest BCUT2D eigenvalue weighted by Crippen LogP contribution is -2.44. The number of hydrogen-bond donors (Lipinski definition) is 2. The van der Waals surface area contributed by atoms with Gasteiger partial charge in [0, 0.05) is 25.3 Å². The lowest BCUT2D eigenvalue weighted by atomic mass is 10.1. The van der Waals surface area contributed by atoms with Gasteiger partial charge in [-0.3, -0.25) is 4.90 Å². The standard InChI is InChI=1S/C12H20N4O/c1-10(17)8-16-7-3-4-11(9-16)14-12-5-2-6-13-15-12/h2,5-6,10-11,17H,3-4,7-9H2,1H3,(H,14,15)/t10-,11+/m0/s1. The molecule has 5 heteroatoms. The number of aliphatic hydroxyl groups excluding tert-OH is 1. The highest BCUT2D eigenvalue weighted by Gasteiger charge is 2.20. The smallest absolute Gasteiger partial charge is 0.148 e. The van der Waals surface area contributed by atoms with E-state index in [1.165, 1.54) is 0 Å². The number of nitrogens with one attached hydrogen (secondary N) is 1. The second-order valence-corrected chi connectivity index (χ2v) is 4.70. The van der Waals surface area contributed by atoms with E-state index in [9.17, 15) is 5.11 Å². The quantitative estimate of drug-likeness (QED) is 0.807. The van der Waals surface area contributed by atoms with Crippen molar-refractivity contribution in [2.24, 2.45) is 0 Å². The van der Waals surface area contributed by atoms with Crippen LogP contribution in [0.1, 0.15) is 19.8 Å². The highest BCUT2D eigenvalue weighted by atomic mass is 16.3. The van der Waals surface area contributed by atoms with Crippen LogP contribution in [0.4, 0.5) is 5.82 Å². The molecule has 0 radical (unpaired) electrons. The van der Waals surface area contributed by atoms with Crippen LogP contribution in [-0.2, 0) is 0 Å². The fourth-order valence-electron chi connectivity index (χ4n) is 2.30. The monoisotopic (exact) mass is 236 g/mol. The summed E-state index contributed by atoms with van der Waals surface area (Å²) in [6.07, 6.45) is 3.72. The van der Waals surface area contributed by atoms with E-state index in [2.05, 4.69) is 20.4 Å². The molecule has 2 rings (SSSR count). The highest BCUT2D eigenvalue weighted by Crippen LogP contribution is 2.14. The van der Waals surface area contributed by atoms with Crippen molar-refractivity contribution in [1.29, 1.82) is 0 Å². The third-order valence-electron chi connectivity index (χ3n) is 2.95. The predicted octanol–water partition coefficient (Wildman–Crippen LogP) is 0.734. The Morgan fingerprint density at radius 1 is 1.65 bits per heavy atom. The third-order valence-corrected chi connectivity index (χ3v) is 2.95. The fraction of sp³-hybridized carbons (Fsp3) is 0.667. The molecule has 0 aliphatic carbocycles. The van der Waals surface area contributed by atoms with Crippen LogP contribution in [0, 0.1) is 0 Å². The fourth-order valence-corrected chi connectivity index (χ4v) is 2.30. The molecule has 1 aliphatic rings. The van der Waals surface area contributed by atoms with Crippen LogP contribution in [0.25, 0.3) is 0 Å². The summed E-state index contributed by atoms with van der Waals surface area (Å²) in [4.78, 5) is 2.29. The number of hydrogen-bond acceptors (Lipinski definition) is 5. The number of β-amino-alcohol motifs (C(OH)–C–C–N with tert-alkyl or cyclic N) is 1. The largest absolute Gasteiger partial charge is 0.392 e. The number of likely N-dealkylation sites (tertiary alicyclic amines) is 1. The average Bonchev–Trinajstić information content (AvgIpc) is 2.30. The topological polar surface area (TPSA) is 61.3 Å². The summed E-state index contributed by atoms with van der Waals surface area (Å²) in [5.74, 6) is 0.830. The molecule has 17 heavy (non-hydrogen) atoms. The van der Waals surface area contributed by atoms with Crippen LogP contribution in [0.15, 0.2) is 18.3 Å². The van der Waals surface area contributed by atoms with Gasteiger partial charge in [-0.1, -0.05) is 0 Å². The van der Waals surface area contributed by atoms with Crippen LogP contribution in [0.3, 0.4) is 0 Å². The maximum absolute atomic E-state index is 9.40. The Labute approximate surface area is 102 Å². The maximum Gasteiger partial charge on any atom is 0.148 e. The molecule has 0 amide bonds. The Kier molecular flexibility index (Phi) is 4.28. The SMILES string of the molecule is C[C@H](O)CN1CCC[C@@H](Nc2cccnn2)C1. The molecule has 0 aromatic carbocycles. The first-order chi connectivity index (χ1) is 8.24. The van der Waals surface area contributed by atoms with Gasteiger partial charge in [-0.05, 0) is 38.4 Å². The van der Waals surface area contributed by atoms with Crippen molar-refractivity contribution in [2.75, 3.05) is 25.0 Å². The molecule has 94 valence electrons. The Morgan fingerprint density at radius 3 is 3.24 bits per heavy atom. The number of aromatic nitrogens is 2. The summed E-state index contributed by atoms with van der Waals surface area (Å²) in [6.45, 7) is 4.61. The summed E-state index contributed by atoms with van der Waals surface area (Å²) >= 11 is 0. The van der Waals surface area contributed by atoms with E-state index in [-0.39, 0.29) is 6.10 Å². The molecule has 1 aliphatic heterocycles. The second-order valence-electron chi connectivity index (χ2n) is 4.70. The minimum Gasteiger partial charge on any atom is -0.392 e. The summed E-state index contributed by atoms with van der Waals surface area (Å²) in [7, 11) is 0. The van der Waals surface area contributed by atoms with E-state index >= 15 is 0 Å². The van der Waals surface area contributed by atoms with Crippen LogP contribution < -0.4 is 5.32 Å². The van der Waals surface area contributed by atoms with Gasteiger partial charge in [-0.15, -0.1) is 5.10 Å². The Balaban J connectivity index is 1.85. The van der Waals surface area contributed by atoms with Gasteiger partial charge >= 0.3 is 0 Å². The Hall–Kier alpha value is -1.20. The van der Waals surface area contributed by atoms with Crippen LogP contribution >= 0.6 is 0 Å². The van der Waals surface area contributed by atoms with Gasteiger partial charge in [-0.25, -0.2) is 0 Å². The number of piperidine rings is 1. The summed E-state index contributed by atoms with van der Waals surface area (Å²) in [6, 6.07) is 4.21. The molecule has 2 atom stereocenters. The first kappa shape index (κ1) is 12.3. The van der Waals surface area contributed by atoms with Gasteiger partial charge in [0.25, 0.3) is 0 Å². The third kappa shape index (κ3) is 3.94. The zero-order valence-corrected chi connectivity index (χ0v) is 10.2. The van der Waals surface area contributed by atoms with Gasteiger partial charge in [0.05, 0.1) is 6.10 Å². The molecule has 2 N–H and O–H groups in total. The van der Waals surface area contributed by atoms with Crippen LogP contribution in [0.5, 0.6) is 0 Å². The van der Waals surface area contributed by atoms with E-state index in [4.69, 9.17) is 0 Å². The zero-order valence-electron chi connectivity index (χ0n) is 10.2. The molecule has 0 unspecified atom stereocenters. The number of anilines is 1. The molecule has 0 bridgehead atoms. The van der Waals surface area contributed by atoms with Crippen molar-refractivity contribution in [3.63, 3.8) is 0 Å². The second kappa shape index (κ2) is 5.93. The molecule has 0 spiro atoms. The molecule has 1 aromatic rings. The molecule has 5 nitrogen and oxygen atoms in total. The Bertz CT molecular complexity index is 331. The lowest BCUT2D eigenvalue weighted by molar-refractivity contribution is 0.110. The number of aliphatic hydroxyl groups is 1.